The maximum Gasteiger partial charge on any atom is 0.175 e. The molecule has 0 amide bonds. The van der Waals surface area contributed by atoms with Crippen LogP contribution in [0.4, 0.5) is 0 Å². The lowest BCUT2D eigenvalue weighted by atomic mass is 9.97. The molecule has 0 spiro atoms. The van der Waals surface area contributed by atoms with Crippen molar-refractivity contribution in [3.05, 3.63) is 35.9 Å². The van der Waals surface area contributed by atoms with Gasteiger partial charge in [0.1, 0.15) is 24.0 Å². The molecule has 27 heavy (non-hydrogen) atoms. The number of hydrogen-bond acceptors (Lipinski definition) is 6. The molecule has 2 aliphatic heterocycles. The lowest BCUT2D eigenvalue weighted by Crippen LogP contribution is -2.37. The summed E-state index contributed by atoms with van der Waals surface area (Å²) in [6.45, 7) is 4.45. The second kappa shape index (κ2) is 7.59. The fraction of sp³-hybridized carbons (Fsp3) is 0.579. The first-order chi connectivity index (χ1) is 13.0. The van der Waals surface area contributed by atoms with Gasteiger partial charge in [-0.05, 0) is 44.0 Å². The molecule has 1 aromatic carbocycles. The largest absolute Gasteiger partial charge is 0.492 e. The summed E-state index contributed by atoms with van der Waals surface area (Å²) in [5, 5.41) is 8.80. The SMILES string of the molecule is CS(=O)(=O)c1cccc(OCCN2CCCC(c3nnc4n3CCC4)C2)c1. The van der Waals surface area contributed by atoms with Crippen LogP contribution in [0.1, 0.15) is 36.8 Å². The Morgan fingerprint density at radius 1 is 1.22 bits per heavy atom. The number of hydrogen-bond donors (Lipinski definition) is 0. The Morgan fingerprint density at radius 2 is 2.11 bits per heavy atom. The van der Waals surface area contributed by atoms with Crippen molar-refractivity contribution in [1.29, 1.82) is 0 Å². The van der Waals surface area contributed by atoms with Crippen molar-refractivity contribution in [1.82, 2.24) is 19.7 Å². The predicted molar refractivity (Wildman–Crippen MR) is 102 cm³/mol. The van der Waals surface area contributed by atoms with Gasteiger partial charge in [0.05, 0.1) is 4.90 Å². The maximum atomic E-state index is 11.7. The fourth-order valence-electron chi connectivity index (χ4n) is 4.03. The van der Waals surface area contributed by atoms with E-state index in [-0.39, 0.29) is 0 Å². The van der Waals surface area contributed by atoms with Gasteiger partial charge in [0, 0.05) is 38.2 Å². The molecule has 2 aromatic rings. The van der Waals surface area contributed by atoms with E-state index in [1.807, 2.05) is 0 Å². The summed E-state index contributed by atoms with van der Waals surface area (Å²) in [6, 6.07) is 6.70. The lowest BCUT2D eigenvalue weighted by molar-refractivity contribution is 0.166. The first-order valence-corrected chi connectivity index (χ1v) is 11.5. The molecule has 146 valence electrons. The zero-order chi connectivity index (χ0) is 18.9. The monoisotopic (exact) mass is 390 g/mol. The molecular weight excluding hydrogens is 364 g/mol. The van der Waals surface area contributed by atoms with Crippen molar-refractivity contribution in [2.45, 2.75) is 43.0 Å². The van der Waals surface area contributed by atoms with Crippen LogP contribution in [-0.4, -0.2) is 60.6 Å². The number of benzene rings is 1. The molecule has 1 unspecified atom stereocenters. The molecule has 1 aromatic heterocycles. The minimum atomic E-state index is -3.21. The van der Waals surface area contributed by atoms with Gasteiger partial charge in [-0.15, -0.1) is 10.2 Å². The molecule has 0 radical (unpaired) electrons. The standard InChI is InChI=1S/C19H26N4O3S/c1-27(24,25)17-7-2-6-16(13-17)26-12-11-22-9-3-5-15(14-22)19-21-20-18-8-4-10-23(18)19/h2,6-7,13,15H,3-5,8-12,14H2,1H3. The third-order valence-corrected chi connectivity index (χ3v) is 6.53. The average Bonchev–Trinajstić information content (AvgIpc) is 3.25. The van der Waals surface area contributed by atoms with E-state index in [1.165, 1.54) is 12.7 Å². The van der Waals surface area contributed by atoms with Crippen molar-refractivity contribution in [3.63, 3.8) is 0 Å². The number of aryl methyl sites for hydroxylation is 1. The summed E-state index contributed by atoms with van der Waals surface area (Å²) in [7, 11) is -3.21. The Bertz CT molecular complexity index is 909. The van der Waals surface area contributed by atoms with E-state index in [2.05, 4.69) is 19.7 Å². The molecule has 0 saturated carbocycles. The number of ether oxygens (including phenoxy) is 1. The molecule has 0 bridgehead atoms. The van der Waals surface area contributed by atoms with E-state index >= 15 is 0 Å². The molecular formula is C19H26N4O3S. The lowest BCUT2D eigenvalue weighted by Gasteiger charge is -2.32. The van der Waals surface area contributed by atoms with Crippen molar-refractivity contribution < 1.29 is 13.2 Å². The van der Waals surface area contributed by atoms with E-state index < -0.39 is 9.84 Å². The average molecular weight is 391 g/mol. The van der Waals surface area contributed by atoms with Gasteiger partial charge in [-0.3, -0.25) is 4.90 Å². The highest BCUT2D eigenvalue weighted by Crippen LogP contribution is 2.28. The van der Waals surface area contributed by atoms with Crippen LogP contribution in [0.25, 0.3) is 0 Å². The van der Waals surface area contributed by atoms with Crippen molar-refractivity contribution in [2.24, 2.45) is 0 Å². The van der Waals surface area contributed by atoms with Gasteiger partial charge < -0.3 is 9.30 Å². The molecule has 1 saturated heterocycles. The summed E-state index contributed by atoms with van der Waals surface area (Å²) in [4.78, 5) is 2.70. The van der Waals surface area contributed by atoms with E-state index in [9.17, 15) is 8.42 Å². The third-order valence-electron chi connectivity index (χ3n) is 5.42. The molecule has 0 N–H and O–H groups in total. The summed E-state index contributed by atoms with van der Waals surface area (Å²) >= 11 is 0. The van der Waals surface area contributed by atoms with Gasteiger partial charge in [0.25, 0.3) is 0 Å². The Kier molecular flexibility index (Phi) is 5.19. The molecule has 3 heterocycles. The molecule has 2 aliphatic rings. The summed E-state index contributed by atoms with van der Waals surface area (Å²) in [5.74, 6) is 3.32. The number of sulfone groups is 1. The van der Waals surface area contributed by atoms with Gasteiger partial charge in [-0.25, -0.2) is 8.42 Å². The van der Waals surface area contributed by atoms with Gasteiger partial charge in [-0.1, -0.05) is 6.07 Å². The summed E-state index contributed by atoms with van der Waals surface area (Å²) in [5.41, 5.74) is 0. The van der Waals surface area contributed by atoms with Gasteiger partial charge in [0.2, 0.25) is 0 Å². The van der Waals surface area contributed by atoms with E-state index in [0.717, 1.165) is 57.1 Å². The first-order valence-electron chi connectivity index (χ1n) is 9.58. The third kappa shape index (κ3) is 4.16. The van der Waals surface area contributed by atoms with E-state index in [1.54, 1.807) is 24.3 Å². The van der Waals surface area contributed by atoms with Crippen LogP contribution in [0, 0.1) is 0 Å². The number of likely N-dealkylation sites (tertiary alicyclic amines) is 1. The zero-order valence-corrected chi connectivity index (χ0v) is 16.5. The molecule has 0 aliphatic carbocycles. The fourth-order valence-corrected chi connectivity index (χ4v) is 4.69. The number of rotatable bonds is 6. The zero-order valence-electron chi connectivity index (χ0n) is 15.7. The summed E-state index contributed by atoms with van der Waals surface area (Å²) < 4.78 is 31.4. The van der Waals surface area contributed by atoms with Crippen molar-refractivity contribution in [3.8, 4) is 5.75 Å². The highest BCUT2D eigenvalue weighted by Gasteiger charge is 2.28. The highest BCUT2D eigenvalue weighted by atomic mass is 32.2. The smallest absolute Gasteiger partial charge is 0.175 e. The van der Waals surface area contributed by atoms with Crippen LogP contribution in [-0.2, 0) is 22.8 Å². The molecule has 1 fully saturated rings. The van der Waals surface area contributed by atoms with Gasteiger partial charge in [0.15, 0.2) is 9.84 Å². The first kappa shape index (κ1) is 18.4. The van der Waals surface area contributed by atoms with Gasteiger partial charge in [-0.2, -0.15) is 0 Å². The number of nitrogens with zero attached hydrogens (tertiary/aromatic N) is 4. The predicted octanol–water partition coefficient (Wildman–Crippen LogP) is 1.89. The van der Waals surface area contributed by atoms with Crippen LogP contribution < -0.4 is 4.74 Å². The van der Waals surface area contributed by atoms with Crippen LogP contribution in [0.5, 0.6) is 5.75 Å². The van der Waals surface area contributed by atoms with Crippen molar-refractivity contribution in [2.75, 3.05) is 32.5 Å². The van der Waals surface area contributed by atoms with Crippen LogP contribution in [0.15, 0.2) is 29.2 Å². The number of aromatic nitrogens is 3. The Balaban J connectivity index is 1.32. The normalized spacial score (nSPS) is 20.6. The van der Waals surface area contributed by atoms with E-state index in [0.29, 0.717) is 23.2 Å². The van der Waals surface area contributed by atoms with Crippen LogP contribution >= 0.6 is 0 Å². The maximum absolute atomic E-state index is 11.7. The summed E-state index contributed by atoms with van der Waals surface area (Å²) in [6.07, 6.45) is 5.74. The molecule has 7 nitrogen and oxygen atoms in total. The van der Waals surface area contributed by atoms with Crippen LogP contribution in [0.3, 0.4) is 0 Å². The van der Waals surface area contributed by atoms with E-state index in [4.69, 9.17) is 4.74 Å². The number of fused-ring (bicyclic) bond motifs is 1. The highest BCUT2D eigenvalue weighted by molar-refractivity contribution is 7.90. The second-order valence-electron chi connectivity index (χ2n) is 7.46. The number of piperidine rings is 1. The Morgan fingerprint density at radius 3 is 2.96 bits per heavy atom. The van der Waals surface area contributed by atoms with Crippen molar-refractivity contribution >= 4 is 9.84 Å². The quantitative estimate of drug-likeness (QED) is 0.750. The minimum absolute atomic E-state index is 0.290. The topological polar surface area (TPSA) is 77.3 Å². The molecule has 1 atom stereocenters. The van der Waals surface area contributed by atoms with Crippen LogP contribution in [0.2, 0.25) is 0 Å². The minimum Gasteiger partial charge on any atom is -0.492 e. The Labute approximate surface area is 160 Å². The molecule has 8 heteroatoms. The Hall–Kier alpha value is -1.93. The second-order valence-corrected chi connectivity index (χ2v) is 9.48. The van der Waals surface area contributed by atoms with Gasteiger partial charge >= 0.3 is 0 Å². The molecule has 4 rings (SSSR count).